The van der Waals surface area contributed by atoms with Crippen LogP contribution < -0.4 is 10.6 Å². The smallest absolute Gasteiger partial charge is 0.191 e. The Morgan fingerprint density at radius 3 is 2.82 bits per heavy atom. The Balaban J connectivity index is 1.81. The lowest BCUT2D eigenvalue weighted by Crippen LogP contribution is -2.45. The third-order valence-corrected chi connectivity index (χ3v) is 4.97. The maximum atomic E-state index is 9.59. The molecule has 3 N–H and O–H groups in total. The average Bonchev–Trinajstić information content (AvgIpc) is 3.00. The Bertz CT molecular complexity index is 439. The second-order valence-corrected chi connectivity index (χ2v) is 7.29. The molecule has 1 aliphatic rings. The molecule has 5 heteroatoms. The first kappa shape index (κ1) is 17.3. The van der Waals surface area contributed by atoms with Gasteiger partial charge in [0.15, 0.2) is 5.96 Å². The van der Waals surface area contributed by atoms with Crippen LogP contribution in [0.5, 0.6) is 0 Å². The molecule has 0 aliphatic heterocycles. The fraction of sp³-hybridized carbons (Fsp3) is 0.706. The zero-order valence-electron chi connectivity index (χ0n) is 13.7. The van der Waals surface area contributed by atoms with Crippen LogP contribution in [0.1, 0.15) is 44.4 Å². The molecule has 1 heterocycles. The lowest BCUT2D eigenvalue weighted by Gasteiger charge is -2.27. The molecule has 1 atom stereocenters. The van der Waals surface area contributed by atoms with Gasteiger partial charge < -0.3 is 15.7 Å². The molecule has 124 valence electrons. The number of rotatable bonds is 6. The van der Waals surface area contributed by atoms with E-state index in [0.29, 0.717) is 12.0 Å². The van der Waals surface area contributed by atoms with Crippen LogP contribution in [-0.2, 0) is 6.42 Å². The van der Waals surface area contributed by atoms with Gasteiger partial charge in [-0.1, -0.05) is 13.0 Å². The van der Waals surface area contributed by atoms with Gasteiger partial charge >= 0.3 is 0 Å². The first-order valence-corrected chi connectivity index (χ1v) is 9.30. The van der Waals surface area contributed by atoms with Crippen molar-refractivity contribution in [3.8, 4) is 0 Å². The fourth-order valence-corrected chi connectivity index (χ4v) is 3.69. The van der Waals surface area contributed by atoms with E-state index in [1.807, 2.05) is 11.3 Å². The Morgan fingerprint density at radius 2 is 2.18 bits per heavy atom. The molecule has 1 aliphatic carbocycles. The summed E-state index contributed by atoms with van der Waals surface area (Å²) in [6.45, 7) is 6.06. The minimum absolute atomic E-state index is 0.108. The van der Waals surface area contributed by atoms with E-state index in [1.54, 1.807) is 0 Å². The lowest BCUT2D eigenvalue weighted by molar-refractivity contribution is 0.120. The highest BCUT2D eigenvalue weighted by Crippen LogP contribution is 2.18. The van der Waals surface area contributed by atoms with E-state index in [9.17, 15) is 5.11 Å². The average molecular weight is 324 g/mol. The van der Waals surface area contributed by atoms with E-state index in [1.165, 1.54) is 4.88 Å². The van der Waals surface area contributed by atoms with Gasteiger partial charge in [0.05, 0.1) is 6.10 Å². The van der Waals surface area contributed by atoms with E-state index in [2.05, 4.69) is 42.0 Å². The first-order valence-electron chi connectivity index (χ1n) is 8.42. The summed E-state index contributed by atoms with van der Waals surface area (Å²) < 4.78 is 0. The molecule has 1 fully saturated rings. The normalized spacial score (nSPS) is 24.0. The lowest BCUT2D eigenvalue weighted by atomic mass is 9.93. The molecule has 1 saturated carbocycles. The third-order valence-electron chi connectivity index (χ3n) is 4.07. The predicted octanol–water partition coefficient (Wildman–Crippen LogP) is 2.79. The molecular weight excluding hydrogens is 294 g/mol. The number of aliphatic imine (C=N–C) groups is 1. The second kappa shape index (κ2) is 9.16. The molecule has 1 unspecified atom stereocenters. The van der Waals surface area contributed by atoms with Crippen LogP contribution in [-0.4, -0.2) is 36.3 Å². The zero-order valence-corrected chi connectivity index (χ0v) is 14.5. The molecule has 0 aromatic carbocycles. The maximum Gasteiger partial charge on any atom is 0.191 e. The van der Waals surface area contributed by atoms with Gasteiger partial charge in [0.2, 0.25) is 0 Å². The van der Waals surface area contributed by atoms with Crippen molar-refractivity contribution in [3.05, 3.63) is 22.4 Å². The van der Waals surface area contributed by atoms with Gasteiger partial charge in [-0.15, -0.1) is 11.3 Å². The van der Waals surface area contributed by atoms with Crippen LogP contribution in [0.25, 0.3) is 0 Å². The second-order valence-electron chi connectivity index (χ2n) is 6.26. The summed E-state index contributed by atoms with van der Waals surface area (Å²) in [4.78, 5) is 6.18. The van der Waals surface area contributed by atoms with Crippen LogP contribution in [0, 0.1) is 5.92 Å². The van der Waals surface area contributed by atoms with E-state index in [4.69, 9.17) is 4.99 Å². The number of nitrogens with zero attached hydrogens (tertiary/aromatic N) is 1. The number of nitrogens with one attached hydrogen (secondary N) is 2. The van der Waals surface area contributed by atoms with E-state index in [-0.39, 0.29) is 6.10 Å². The topological polar surface area (TPSA) is 56.7 Å². The highest BCUT2D eigenvalue weighted by molar-refractivity contribution is 7.09. The predicted molar refractivity (Wildman–Crippen MR) is 94.6 cm³/mol. The summed E-state index contributed by atoms with van der Waals surface area (Å²) >= 11 is 1.82. The standard InChI is InChI=1S/C17H29N3OS/c1-3-18-17(20-14-6-8-15(21)9-7-14)19-12-13(2)11-16-5-4-10-22-16/h4-5,10,13-15,21H,3,6-9,11-12H2,1-2H3,(H2,18,19,20). The summed E-state index contributed by atoms with van der Waals surface area (Å²) in [5.41, 5.74) is 0. The van der Waals surface area contributed by atoms with Crippen LogP contribution in [0.4, 0.5) is 0 Å². The largest absolute Gasteiger partial charge is 0.393 e. The van der Waals surface area contributed by atoms with E-state index >= 15 is 0 Å². The Kier molecular flexibility index (Phi) is 7.19. The summed E-state index contributed by atoms with van der Waals surface area (Å²) in [5.74, 6) is 1.46. The van der Waals surface area contributed by atoms with Gasteiger partial charge in [-0.2, -0.15) is 0 Å². The molecule has 4 nitrogen and oxygen atoms in total. The summed E-state index contributed by atoms with van der Waals surface area (Å²) in [7, 11) is 0. The van der Waals surface area contributed by atoms with Gasteiger partial charge in [0.25, 0.3) is 0 Å². The van der Waals surface area contributed by atoms with Crippen LogP contribution >= 0.6 is 11.3 Å². The minimum Gasteiger partial charge on any atom is -0.393 e. The van der Waals surface area contributed by atoms with Crippen LogP contribution in [0.3, 0.4) is 0 Å². The van der Waals surface area contributed by atoms with Crippen molar-refractivity contribution in [1.29, 1.82) is 0 Å². The van der Waals surface area contributed by atoms with Gasteiger partial charge in [0, 0.05) is 24.0 Å². The van der Waals surface area contributed by atoms with Crippen molar-refractivity contribution in [1.82, 2.24) is 10.6 Å². The van der Waals surface area contributed by atoms with Crippen molar-refractivity contribution < 1.29 is 5.11 Å². The maximum absolute atomic E-state index is 9.59. The Hall–Kier alpha value is -1.07. The molecule has 2 rings (SSSR count). The number of guanidine groups is 1. The quantitative estimate of drug-likeness (QED) is 0.557. The summed E-state index contributed by atoms with van der Waals surface area (Å²) in [6, 6.07) is 4.75. The van der Waals surface area contributed by atoms with E-state index in [0.717, 1.165) is 51.2 Å². The third kappa shape index (κ3) is 5.97. The number of aliphatic hydroxyl groups is 1. The molecule has 0 spiro atoms. The zero-order chi connectivity index (χ0) is 15.8. The van der Waals surface area contributed by atoms with E-state index < -0.39 is 0 Å². The summed E-state index contributed by atoms with van der Waals surface area (Å²) in [5, 5.41) is 18.6. The Morgan fingerprint density at radius 1 is 1.41 bits per heavy atom. The highest BCUT2D eigenvalue weighted by Gasteiger charge is 2.20. The molecule has 0 saturated heterocycles. The molecule has 22 heavy (non-hydrogen) atoms. The van der Waals surface area contributed by atoms with Crippen molar-refractivity contribution in [3.63, 3.8) is 0 Å². The molecule has 1 aromatic heterocycles. The van der Waals surface area contributed by atoms with Crippen molar-refractivity contribution in [2.24, 2.45) is 10.9 Å². The van der Waals surface area contributed by atoms with Crippen LogP contribution in [0.2, 0.25) is 0 Å². The molecule has 1 aromatic rings. The van der Waals surface area contributed by atoms with Crippen molar-refractivity contribution in [2.75, 3.05) is 13.1 Å². The molecule has 0 radical (unpaired) electrons. The monoisotopic (exact) mass is 323 g/mol. The summed E-state index contributed by atoms with van der Waals surface area (Å²) in [6.07, 6.45) is 4.82. The fourth-order valence-electron chi connectivity index (χ4n) is 2.82. The molecule has 0 bridgehead atoms. The van der Waals surface area contributed by atoms with Gasteiger partial charge in [-0.05, 0) is 56.4 Å². The number of aliphatic hydroxyl groups excluding tert-OH is 1. The van der Waals surface area contributed by atoms with Gasteiger partial charge in [-0.25, -0.2) is 0 Å². The Labute approximate surface area is 138 Å². The number of hydrogen-bond acceptors (Lipinski definition) is 3. The number of thiophene rings is 1. The number of hydrogen-bond donors (Lipinski definition) is 3. The molecular formula is C17H29N3OS. The minimum atomic E-state index is -0.108. The molecule has 0 amide bonds. The van der Waals surface area contributed by atoms with Crippen LogP contribution in [0.15, 0.2) is 22.5 Å². The van der Waals surface area contributed by atoms with Crippen molar-refractivity contribution in [2.45, 2.75) is 58.1 Å². The first-order chi connectivity index (χ1) is 10.7. The van der Waals surface area contributed by atoms with Crippen molar-refractivity contribution >= 4 is 17.3 Å². The highest BCUT2D eigenvalue weighted by atomic mass is 32.1. The SMILES string of the molecule is CCNC(=NCC(C)Cc1cccs1)NC1CCC(O)CC1. The van der Waals surface area contributed by atoms with Gasteiger partial charge in [-0.3, -0.25) is 4.99 Å². The van der Waals surface area contributed by atoms with Gasteiger partial charge in [0.1, 0.15) is 0 Å².